The van der Waals surface area contributed by atoms with Gasteiger partial charge in [-0.2, -0.15) is 0 Å². The molecular formula is C15H20F2N2O. The minimum absolute atomic E-state index is 0.140. The molecule has 1 N–H and O–H groups in total. The Balaban J connectivity index is 1.47. The number of morpholine rings is 1. The van der Waals surface area contributed by atoms with Crippen LogP contribution in [0.4, 0.5) is 8.78 Å². The Kier molecular flexibility index (Phi) is 4.29. The molecule has 0 saturated carbocycles. The van der Waals surface area contributed by atoms with Crippen LogP contribution >= 0.6 is 0 Å². The molecule has 0 aliphatic carbocycles. The summed E-state index contributed by atoms with van der Waals surface area (Å²) < 4.78 is 32.3. The van der Waals surface area contributed by atoms with Crippen LogP contribution in [0.3, 0.4) is 0 Å². The highest BCUT2D eigenvalue weighted by molar-refractivity contribution is 5.18. The Bertz CT molecular complexity index is 469. The van der Waals surface area contributed by atoms with Crippen LogP contribution in [0.2, 0.25) is 0 Å². The molecule has 20 heavy (non-hydrogen) atoms. The van der Waals surface area contributed by atoms with Gasteiger partial charge in [-0.15, -0.1) is 0 Å². The maximum absolute atomic E-state index is 13.5. The molecule has 3 nitrogen and oxygen atoms in total. The summed E-state index contributed by atoms with van der Waals surface area (Å²) in [6.45, 7) is 3.87. The average molecular weight is 282 g/mol. The van der Waals surface area contributed by atoms with Gasteiger partial charge < -0.3 is 10.1 Å². The fourth-order valence-electron chi connectivity index (χ4n) is 3.06. The van der Waals surface area contributed by atoms with Crippen molar-refractivity contribution in [1.29, 1.82) is 0 Å². The fraction of sp³-hybridized carbons (Fsp3) is 0.600. The normalized spacial score (nSPS) is 26.7. The molecule has 1 aromatic carbocycles. The quantitative estimate of drug-likeness (QED) is 0.913. The van der Waals surface area contributed by atoms with Crippen LogP contribution in [0.15, 0.2) is 18.2 Å². The lowest BCUT2D eigenvalue weighted by molar-refractivity contribution is -0.0470. The van der Waals surface area contributed by atoms with Gasteiger partial charge in [0.15, 0.2) is 0 Å². The second-order valence-electron chi connectivity index (χ2n) is 5.61. The number of fused-ring (bicyclic) bond motifs is 1. The van der Waals surface area contributed by atoms with E-state index in [1.165, 1.54) is 18.9 Å². The van der Waals surface area contributed by atoms with Crippen LogP contribution in [0, 0.1) is 11.6 Å². The summed E-state index contributed by atoms with van der Waals surface area (Å²) in [6, 6.07) is 4.13. The summed E-state index contributed by atoms with van der Waals surface area (Å²) in [5, 5.41) is 3.16. The molecule has 2 heterocycles. The number of nitrogens with one attached hydrogen (secondary N) is 1. The molecule has 0 spiro atoms. The van der Waals surface area contributed by atoms with E-state index < -0.39 is 5.82 Å². The Labute approximate surface area is 117 Å². The van der Waals surface area contributed by atoms with Crippen molar-refractivity contribution >= 4 is 0 Å². The van der Waals surface area contributed by atoms with Crippen molar-refractivity contribution in [3.63, 3.8) is 0 Å². The molecule has 2 saturated heterocycles. The van der Waals surface area contributed by atoms with Gasteiger partial charge in [0.25, 0.3) is 0 Å². The number of hydrogen-bond donors (Lipinski definition) is 1. The van der Waals surface area contributed by atoms with Gasteiger partial charge in [0.05, 0.1) is 12.7 Å². The van der Waals surface area contributed by atoms with E-state index in [0.717, 1.165) is 31.8 Å². The third-order valence-corrected chi connectivity index (χ3v) is 4.16. The summed E-state index contributed by atoms with van der Waals surface area (Å²) in [6.07, 6.45) is 2.62. The minimum atomic E-state index is -0.406. The standard InChI is InChI=1S/C15H20F2N2O/c16-12-3-4-15(17)11(6-12)7-18-8-14-9-19-5-1-2-13(19)10-20-14/h3-4,6,13-14,18H,1-2,5,7-10H2. The number of halogens is 2. The Morgan fingerprint density at radius 1 is 1.35 bits per heavy atom. The van der Waals surface area contributed by atoms with Crippen LogP contribution in [-0.2, 0) is 11.3 Å². The van der Waals surface area contributed by atoms with Gasteiger partial charge in [0.1, 0.15) is 11.6 Å². The topological polar surface area (TPSA) is 24.5 Å². The van der Waals surface area contributed by atoms with E-state index in [0.29, 0.717) is 24.7 Å². The van der Waals surface area contributed by atoms with E-state index in [-0.39, 0.29) is 11.9 Å². The Hall–Kier alpha value is -1.04. The molecule has 1 aromatic rings. The van der Waals surface area contributed by atoms with Gasteiger partial charge in [0.2, 0.25) is 0 Å². The van der Waals surface area contributed by atoms with E-state index in [1.807, 2.05) is 0 Å². The number of hydrogen-bond acceptors (Lipinski definition) is 3. The SMILES string of the molecule is Fc1ccc(F)c(CNCC2CN3CCCC3CO2)c1. The summed E-state index contributed by atoms with van der Waals surface area (Å²) in [4.78, 5) is 2.47. The number of benzene rings is 1. The molecule has 2 atom stereocenters. The van der Waals surface area contributed by atoms with E-state index in [1.54, 1.807) is 0 Å². The van der Waals surface area contributed by atoms with E-state index in [4.69, 9.17) is 4.74 Å². The van der Waals surface area contributed by atoms with Gasteiger partial charge in [0, 0.05) is 31.2 Å². The predicted molar refractivity (Wildman–Crippen MR) is 72.4 cm³/mol. The molecule has 2 unspecified atom stereocenters. The molecular weight excluding hydrogens is 262 g/mol. The van der Waals surface area contributed by atoms with E-state index >= 15 is 0 Å². The van der Waals surface area contributed by atoms with E-state index in [9.17, 15) is 8.78 Å². The molecule has 110 valence electrons. The lowest BCUT2D eigenvalue weighted by Gasteiger charge is -2.35. The molecule has 0 radical (unpaired) electrons. The molecule has 0 bridgehead atoms. The van der Waals surface area contributed by atoms with Crippen molar-refractivity contribution in [2.75, 3.05) is 26.2 Å². The molecule has 2 aliphatic heterocycles. The van der Waals surface area contributed by atoms with Gasteiger partial charge >= 0.3 is 0 Å². The fourth-order valence-corrected chi connectivity index (χ4v) is 3.06. The van der Waals surface area contributed by atoms with Gasteiger partial charge in [-0.25, -0.2) is 8.78 Å². The van der Waals surface area contributed by atoms with Crippen molar-refractivity contribution in [2.24, 2.45) is 0 Å². The van der Waals surface area contributed by atoms with Gasteiger partial charge in [-0.1, -0.05) is 0 Å². The van der Waals surface area contributed by atoms with Crippen molar-refractivity contribution in [3.05, 3.63) is 35.4 Å². The minimum Gasteiger partial charge on any atom is -0.374 e. The first-order valence-corrected chi connectivity index (χ1v) is 7.22. The molecule has 2 fully saturated rings. The lowest BCUT2D eigenvalue weighted by atomic mass is 10.1. The van der Waals surface area contributed by atoms with E-state index in [2.05, 4.69) is 10.2 Å². The first-order chi connectivity index (χ1) is 9.72. The van der Waals surface area contributed by atoms with Crippen LogP contribution < -0.4 is 5.32 Å². The zero-order valence-corrected chi connectivity index (χ0v) is 11.4. The van der Waals surface area contributed by atoms with Crippen LogP contribution in [0.5, 0.6) is 0 Å². The third-order valence-electron chi connectivity index (χ3n) is 4.16. The summed E-state index contributed by atoms with van der Waals surface area (Å²) in [7, 11) is 0. The summed E-state index contributed by atoms with van der Waals surface area (Å²) in [5.74, 6) is -0.778. The highest BCUT2D eigenvalue weighted by Gasteiger charge is 2.31. The average Bonchev–Trinajstić information content (AvgIpc) is 2.90. The third kappa shape index (κ3) is 3.16. The largest absolute Gasteiger partial charge is 0.374 e. The number of ether oxygens (including phenoxy) is 1. The van der Waals surface area contributed by atoms with Gasteiger partial charge in [-0.3, -0.25) is 4.90 Å². The molecule has 0 amide bonds. The Morgan fingerprint density at radius 3 is 3.15 bits per heavy atom. The highest BCUT2D eigenvalue weighted by Crippen LogP contribution is 2.22. The lowest BCUT2D eigenvalue weighted by Crippen LogP contribution is -2.49. The van der Waals surface area contributed by atoms with Crippen LogP contribution in [0.25, 0.3) is 0 Å². The van der Waals surface area contributed by atoms with Crippen molar-refractivity contribution < 1.29 is 13.5 Å². The maximum Gasteiger partial charge on any atom is 0.127 e. The van der Waals surface area contributed by atoms with Crippen molar-refractivity contribution in [2.45, 2.75) is 31.5 Å². The highest BCUT2D eigenvalue weighted by atomic mass is 19.1. The first kappa shape index (κ1) is 13.9. The zero-order chi connectivity index (χ0) is 13.9. The number of nitrogens with zero attached hydrogens (tertiary/aromatic N) is 1. The maximum atomic E-state index is 13.5. The van der Waals surface area contributed by atoms with Crippen LogP contribution in [-0.4, -0.2) is 43.3 Å². The zero-order valence-electron chi connectivity index (χ0n) is 11.4. The molecule has 3 rings (SSSR count). The summed E-state index contributed by atoms with van der Waals surface area (Å²) >= 11 is 0. The molecule has 2 aliphatic rings. The molecule has 5 heteroatoms. The first-order valence-electron chi connectivity index (χ1n) is 7.22. The van der Waals surface area contributed by atoms with Gasteiger partial charge in [-0.05, 0) is 37.6 Å². The predicted octanol–water partition coefficient (Wildman–Crippen LogP) is 1.92. The van der Waals surface area contributed by atoms with Crippen LogP contribution in [0.1, 0.15) is 18.4 Å². The Morgan fingerprint density at radius 2 is 2.25 bits per heavy atom. The molecule has 0 aromatic heterocycles. The number of rotatable bonds is 4. The smallest absolute Gasteiger partial charge is 0.127 e. The monoisotopic (exact) mass is 282 g/mol. The summed E-state index contributed by atoms with van der Waals surface area (Å²) in [5.41, 5.74) is 0.361. The second-order valence-corrected chi connectivity index (χ2v) is 5.61. The van der Waals surface area contributed by atoms with Crippen molar-refractivity contribution in [3.8, 4) is 0 Å². The second kappa shape index (κ2) is 6.16. The van der Waals surface area contributed by atoms with Crippen molar-refractivity contribution in [1.82, 2.24) is 10.2 Å².